The Labute approximate surface area is 113 Å². The van der Waals surface area contributed by atoms with Crippen molar-refractivity contribution in [2.45, 2.75) is 6.18 Å². The number of nitrogens with one attached hydrogen (secondary N) is 1. The number of alkyl halides is 3. The van der Waals surface area contributed by atoms with Gasteiger partial charge in [-0.15, -0.1) is 0 Å². The third-order valence-corrected chi connectivity index (χ3v) is 3.84. The molecule has 0 spiro atoms. The molecule has 0 saturated carbocycles. The zero-order valence-electron chi connectivity index (χ0n) is 8.83. The molecule has 0 aliphatic rings. The van der Waals surface area contributed by atoms with Gasteiger partial charge in [0.25, 0.3) is 0 Å². The van der Waals surface area contributed by atoms with Crippen LogP contribution in [0.25, 0.3) is 10.6 Å². The molecule has 2 rings (SSSR count). The molecule has 2 heterocycles. The summed E-state index contributed by atoms with van der Waals surface area (Å²) in [5, 5.41) is 3.27. The van der Waals surface area contributed by atoms with Gasteiger partial charge in [-0.2, -0.15) is 13.2 Å². The first-order valence-electron chi connectivity index (χ1n) is 4.83. The van der Waals surface area contributed by atoms with Gasteiger partial charge < -0.3 is 5.32 Å². The minimum absolute atomic E-state index is 0.353. The second kappa shape index (κ2) is 5.23. The van der Waals surface area contributed by atoms with E-state index in [9.17, 15) is 13.2 Å². The first-order chi connectivity index (χ1) is 8.46. The van der Waals surface area contributed by atoms with Crippen molar-refractivity contribution in [3.05, 3.63) is 29.1 Å². The third-order valence-electron chi connectivity index (χ3n) is 1.94. The standard InChI is InChI=1S/C10H7BrF3N3S/c11-7-9(16-5-10(12,13)14)18-8(17-7)6-2-1-3-15-4-6/h1-4,16H,5H2. The summed E-state index contributed by atoms with van der Waals surface area (Å²) in [7, 11) is 0. The Hall–Kier alpha value is -1.15. The van der Waals surface area contributed by atoms with Crippen molar-refractivity contribution in [3.8, 4) is 10.6 Å². The van der Waals surface area contributed by atoms with Crippen LogP contribution in [0.3, 0.4) is 0 Å². The van der Waals surface area contributed by atoms with Gasteiger partial charge in [-0.3, -0.25) is 4.98 Å². The average Bonchev–Trinajstić information content (AvgIpc) is 2.68. The van der Waals surface area contributed by atoms with Gasteiger partial charge in [0.1, 0.15) is 21.2 Å². The molecule has 0 radical (unpaired) electrons. The SMILES string of the molecule is FC(F)(F)CNc1sc(-c2cccnc2)nc1Br. The lowest BCUT2D eigenvalue weighted by Gasteiger charge is -2.06. The normalized spacial score (nSPS) is 11.6. The zero-order chi connectivity index (χ0) is 13.2. The van der Waals surface area contributed by atoms with Crippen LogP contribution < -0.4 is 5.32 Å². The molecule has 18 heavy (non-hydrogen) atoms. The highest BCUT2D eigenvalue weighted by atomic mass is 79.9. The van der Waals surface area contributed by atoms with E-state index >= 15 is 0 Å². The van der Waals surface area contributed by atoms with E-state index in [1.54, 1.807) is 24.5 Å². The van der Waals surface area contributed by atoms with Crippen molar-refractivity contribution < 1.29 is 13.2 Å². The van der Waals surface area contributed by atoms with Crippen LogP contribution in [0.1, 0.15) is 0 Å². The first kappa shape index (κ1) is 13.3. The van der Waals surface area contributed by atoms with E-state index in [2.05, 4.69) is 31.2 Å². The van der Waals surface area contributed by atoms with Crippen LogP contribution in [0.2, 0.25) is 0 Å². The molecule has 0 bridgehead atoms. The maximum absolute atomic E-state index is 12.1. The van der Waals surface area contributed by atoms with Crippen molar-refractivity contribution in [1.29, 1.82) is 0 Å². The minimum atomic E-state index is -4.25. The lowest BCUT2D eigenvalue weighted by Crippen LogP contribution is -2.20. The fourth-order valence-corrected chi connectivity index (χ4v) is 2.72. The molecule has 1 N–H and O–H groups in total. The number of hydrogen-bond donors (Lipinski definition) is 1. The first-order valence-corrected chi connectivity index (χ1v) is 6.44. The van der Waals surface area contributed by atoms with Crippen LogP contribution in [-0.4, -0.2) is 22.7 Å². The highest BCUT2D eigenvalue weighted by molar-refractivity contribution is 9.10. The summed E-state index contributed by atoms with van der Waals surface area (Å²) in [6, 6.07) is 3.54. The third kappa shape index (κ3) is 3.42. The summed E-state index contributed by atoms with van der Waals surface area (Å²) in [5.74, 6) is 0. The molecule has 0 aromatic carbocycles. The number of aromatic nitrogens is 2. The maximum atomic E-state index is 12.1. The molecule has 0 unspecified atom stereocenters. The van der Waals surface area contributed by atoms with E-state index < -0.39 is 12.7 Å². The second-order valence-electron chi connectivity index (χ2n) is 3.35. The van der Waals surface area contributed by atoms with Crippen molar-refractivity contribution in [2.75, 3.05) is 11.9 Å². The van der Waals surface area contributed by atoms with E-state index in [1.807, 2.05) is 0 Å². The average molecular weight is 338 g/mol. The van der Waals surface area contributed by atoms with Gasteiger partial charge in [-0.25, -0.2) is 4.98 Å². The largest absolute Gasteiger partial charge is 0.405 e. The number of thiazole rings is 1. The zero-order valence-corrected chi connectivity index (χ0v) is 11.2. The van der Waals surface area contributed by atoms with E-state index in [4.69, 9.17) is 0 Å². The summed E-state index contributed by atoms with van der Waals surface area (Å²) in [6.45, 7) is -1.08. The molecular weight excluding hydrogens is 331 g/mol. The number of rotatable bonds is 3. The van der Waals surface area contributed by atoms with Gasteiger partial charge in [0.2, 0.25) is 0 Å². The van der Waals surface area contributed by atoms with Gasteiger partial charge in [-0.1, -0.05) is 11.3 Å². The molecular formula is C10H7BrF3N3S. The molecule has 0 aliphatic heterocycles. The van der Waals surface area contributed by atoms with Gasteiger partial charge in [0.05, 0.1) is 0 Å². The molecule has 8 heteroatoms. The number of hydrogen-bond acceptors (Lipinski definition) is 4. The van der Waals surface area contributed by atoms with Crippen LogP contribution in [0, 0.1) is 0 Å². The quantitative estimate of drug-likeness (QED) is 0.921. The summed E-state index contributed by atoms with van der Waals surface area (Å²) in [6.07, 6.45) is -1.02. The van der Waals surface area contributed by atoms with Gasteiger partial charge in [-0.05, 0) is 28.1 Å². The van der Waals surface area contributed by atoms with E-state index in [1.165, 1.54) is 0 Å². The molecule has 2 aromatic heterocycles. The van der Waals surface area contributed by atoms with Crippen molar-refractivity contribution >= 4 is 32.3 Å². The molecule has 0 fully saturated rings. The van der Waals surface area contributed by atoms with Crippen LogP contribution in [0.4, 0.5) is 18.2 Å². The number of halogens is 4. The van der Waals surface area contributed by atoms with E-state index in [-0.39, 0.29) is 0 Å². The van der Waals surface area contributed by atoms with Crippen LogP contribution in [-0.2, 0) is 0 Å². The van der Waals surface area contributed by atoms with Crippen molar-refractivity contribution in [3.63, 3.8) is 0 Å². The van der Waals surface area contributed by atoms with Crippen molar-refractivity contribution in [2.24, 2.45) is 0 Å². The monoisotopic (exact) mass is 337 g/mol. The van der Waals surface area contributed by atoms with Crippen molar-refractivity contribution in [1.82, 2.24) is 9.97 Å². The summed E-state index contributed by atoms with van der Waals surface area (Å²) in [4.78, 5) is 8.08. The molecule has 96 valence electrons. The summed E-state index contributed by atoms with van der Waals surface area (Å²) < 4.78 is 36.7. The lowest BCUT2D eigenvalue weighted by molar-refractivity contribution is -0.115. The smallest absolute Gasteiger partial charge is 0.366 e. The Balaban J connectivity index is 2.17. The van der Waals surface area contributed by atoms with E-state index in [0.717, 1.165) is 16.9 Å². The Kier molecular flexibility index (Phi) is 3.86. The molecule has 0 aliphatic carbocycles. The predicted molar refractivity (Wildman–Crippen MR) is 67.6 cm³/mol. The molecule has 0 amide bonds. The number of nitrogens with zero attached hydrogens (tertiary/aromatic N) is 2. The fraction of sp³-hybridized carbons (Fsp3) is 0.200. The number of pyridine rings is 1. The Bertz CT molecular complexity index is 527. The fourth-order valence-electron chi connectivity index (χ4n) is 1.20. The Morgan fingerprint density at radius 3 is 2.78 bits per heavy atom. The Morgan fingerprint density at radius 1 is 1.39 bits per heavy atom. The molecule has 2 aromatic rings. The topological polar surface area (TPSA) is 37.8 Å². The molecule has 3 nitrogen and oxygen atoms in total. The Morgan fingerprint density at radius 2 is 2.17 bits per heavy atom. The highest BCUT2D eigenvalue weighted by Gasteiger charge is 2.27. The number of anilines is 1. The maximum Gasteiger partial charge on any atom is 0.405 e. The van der Waals surface area contributed by atoms with Crippen LogP contribution >= 0.6 is 27.3 Å². The van der Waals surface area contributed by atoms with E-state index in [0.29, 0.717) is 14.6 Å². The van der Waals surface area contributed by atoms with Crippen LogP contribution in [0.15, 0.2) is 29.1 Å². The summed E-state index contributed by atoms with van der Waals surface area (Å²) >= 11 is 4.28. The molecule has 0 saturated heterocycles. The second-order valence-corrected chi connectivity index (χ2v) is 5.10. The van der Waals surface area contributed by atoms with Crippen LogP contribution in [0.5, 0.6) is 0 Å². The highest BCUT2D eigenvalue weighted by Crippen LogP contribution is 2.35. The van der Waals surface area contributed by atoms with Gasteiger partial charge >= 0.3 is 6.18 Å². The summed E-state index contributed by atoms with van der Waals surface area (Å²) in [5.41, 5.74) is 0.767. The minimum Gasteiger partial charge on any atom is -0.366 e. The predicted octanol–water partition coefficient (Wildman–Crippen LogP) is 3.94. The lowest BCUT2D eigenvalue weighted by atomic mass is 10.3. The van der Waals surface area contributed by atoms with Gasteiger partial charge in [0.15, 0.2) is 0 Å². The van der Waals surface area contributed by atoms with Gasteiger partial charge in [0, 0.05) is 18.0 Å². The molecule has 0 atom stereocenters.